The monoisotopic (exact) mass is 526 g/mol. The zero-order chi connectivity index (χ0) is 26.1. The Labute approximate surface area is 213 Å². The number of esters is 1. The van der Waals surface area contributed by atoms with Crippen LogP contribution in [0.1, 0.15) is 41.0 Å². The van der Waals surface area contributed by atoms with Gasteiger partial charge in [0.25, 0.3) is 11.8 Å². The van der Waals surface area contributed by atoms with Crippen LogP contribution in [0, 0.1) is 11.8 Å². The molecule has 194 valence electrons. The Morgan fingerprint density at radius 1 is 0.914 bits per heavy atom. The fourth-order valence-electron chi connectivity index (χ4n) is 3.30. The lowest BCUT2D eigenvalue weighted by atomic mass is 10.0. The molecular weight excluding hydrogens is 492 g/mol. The molecule has 2 heterocycles. The van der Waals surface area contributed by atoms with E-state index >= 15 is 0 Å². The van der Waals surface area contributed by atoms with Crippen molar-refractivity contribution in [1.29, 1.82) is 0 Å². The number of rotatable bonds is 2. The van der Waals surface area contributed by atoms with Gasteiger partial charge in [-0.2, -0.15) is 0 Å². The van der Waals surface area contributed by atoms with Gasteiger partial charge in [0.1, 0.15) is 23.8 Å². The van der Waals surface area contributed by atoms with Gasteiger partial charge in [-0.3, -0.25) is 19.2 Å². The number of amides is 4. The fraction of sp³-hybridized carbons (Fsp3) is 0.609. The first-order valence-electron chi connectivity index (χ1n) is 11.6. The van der Waals surface area contributed by atoms with Gasteiger partial charge in [-0.15, -0.1) is 0 Å². The lowest BCUT2D eigenvalue weighted by Crippen LogP contribution is -2.57. The van der Waals surface area contributed by atoms with E-state index < -0.39 is 53.8 Å². The van der Waals surface area contributed by atoms with E-state index in [1.165, 1.54) is 33.7 Å². The number of ether oxygens (including phenoxy) is 1. The molecule has 0 aromatic carbocycles. The summed E-state index contributed by atoms with van der Waals surface area (Å²) in [5, 5.41) is 10.5. The van der Waals surface area contributed by atoms with Crippen LogP contribution in [-0.4, -0.2) is 65.3 Å². The van der Waals surface area contributed by atoms with Crippen molar-refractivity contribution in [2.45, 2.75) is 65.3 Å². The molecular formula is C23H34N4O6S2. The highest BCUT2D eigenvalue weighted by molar-refractivity contribution is 8.76. The van der Waals surface area contributed by atoms with E-state index in [1.807, 2.05) is 0 Å². The zero-order valence-electron chi connectivity index (χ0n) is 20.6. The van der Waals surface area contributed by atoms with E-state index in [2.05, 4.69) is 21.3 Å². The van der Waals surface area contributed by atoms with Crippen molar-refractivity contribution in [2.24, 2.45) is 11.8 Å². The van der Waals surface area contributed by atoms with Crippen LogP contribution in [0.5, 0.6) is 0 Å². The van der Waals surface area contributed by atoms with Gasteiger partial charge in [0.2, 0.25) is 11.8 Å². The lowest BCUT2D eigenvalue weighted by Gasteiger charge is -2.26. The SMILES string of the molecule is C/C=C1/NC(=O)C2CSSCC/C=C\[C@@H](OC(=O)C(C(C)C)NC1=O)C(=O)NC(C(C)C)C(=O)N2. The molecule has 2 rings (SSSR count). The molecule has 4 N–H and O–H groups in total. The Morgan fingerprint density at radius 3 is 2.23 bits per heavy atom. The number of carbonyl (C=O) groups is 5. The second-order valence-electron chi connectivity index (χ2n) is 8.86. The second kappa shape index (κ2) is 13.6. The molecule has 4 amide bonds. The highest BCUT2D eigenvalue weighted by atomic mass is 33.1. The van der Waals surface area contributed by atoms with Crippen LogP contribution in [-0.2, 0) is 28.7 Å². The summed E-state index contributed by atoms with van der Waals surface area (Å²) in [5.74, 6) is -3.02. The van der Waals surface area contributed by atoms with Crippen LogP contribution in [0.2, 0.25) is 0 Å². The fourth-order valence-corrected chi connectivity index (χ4v) is 5.46. The van der Waals surface area contributed by atoms with Crippen LogP contribution in [0.25, 0.3) is 0 Å². The Kier molecular flexibility index (Phi) is 11.2. The Bertz CT molecular complexity index is 889. The molecule has 0 aromatic rings. The number of fused-ring (bicyclic) bond motifs is 6. The molecule has 0 aliphatic carbocycles. The summed E-state index contributed by atoms with van der Waals surface area (Å²) in [6.07, 6.45) is 3.95. The minimum absolute atomic E-state index is 0.0596. The van der Waals surface area contributed by atoms with Gasteiger partial charge in [0.15, 0.2) is 6.10 Å². The van der Waals surface area contributed by atoms with E-state index in [-0.39, 0.29) is 23.3 Å². The molecule has 0 aromatic heterocycles. The molecule has 0 radical (unpaired) electrons. The normalized spacial score (nSPS) is 29.8. The average Bonchev–Trinajstić information content (AvgIpc) is 2.79. The summed E-state index contributed by atoms with van der Waals surface area (Å²) >= 11 is 0. The van der Waals surface area contributed by atoms with Gasteiger partial charge in [0, 0.05) is 11.5 Å². The maximum absolute atomic E-state index is 13.1. The average molecular weight is 527 g/mol. The smallest absolute Gasteiger partial charge is 0.330 e. The van der Waals surface area contributed by atoms with Crippen molar-refractivity contribution >= 4 is 51.2 Å². The van der Waals surface area contributed by atoms with Gasteiger partial charge in [-0.1, -0.05) is 61.4 Å². The standard InChI is InChI=1S/C23H34N4O6S2/c1-6-14-19(28)27-18(13(4)5)23(32)33-16-9-7-8-10-34-35-11-15(20(29)24-14)25-22(31)17(12(2)3)26-21(16)30/h6-7,9,12-13,15-18H,8,10-11H2,1-5H3,(H,24,29)(H,25,31)(H,26,30)(H,27,28)/b9-7-,14-6+/t15?,16-,17?,18?/m1/s1. The first kappa shape index (κ1) is 28.8. The third kappa shape index (κ3) is 8.31. The number of carbonyl (C=O) groups excluding carboxylic acids is 5. The van der Waals surface area contributed by atoms with Crippen LogP contribution >= 0.6 is 21.6 Å². The largest absolute Gasteiger partial charge is 0.446 e. The summed E-state index contributed by atoms with van der Waals surface area (Å²) in [6, 6.07) is -3.00. The number of hydrogen-bond donors (Lipinski definition) is 4. The molecule has 12 heteroatoms. The summed E-state index contributed by atoms with van der Waals surface area (Å²) in [5.41, 5.74) is -0.0596. The maximum atomic E-state index is 13.1. The highest BCUT2D eigenvalue weighted by Crippen LogP contribution is 2.24. The van der Waals surface area contributed by atoms with Gasteiger partial charge in [-0.25, -0.2) is 4.79 Å². The summed E-state index contributed by atoms with van der Waals surface area (Å²) in [6.45, 7) is 8.54. The second-order valence-corrected chi connectivity index (χ2v) is 11.5. The maximum Gasteiger partial charge on any atom is 0.330 e. The lowest BCUT2D eigenvalue weighted by molar-refractivity contribution is -0.157. The van der Waals surface area contributed by atoms with Gasteiger partial charge in [-0.05, 0) is 31.3 Å². The predicted molar refractivity (Wildman–Crippen MR) is 136 cm³/mol. The summed E-state index contributed by atoms with van der Waals surface area (Å²) in [4.78, 5) is 65.3. The quantitative estimate of drug-likeness (QED) is 0.181. The van der Waals surface area contributed by atoms with E-state index in [0.29, 0.717) is 12.2 Å². The Hall–Kier alpha value is -2.47. The molecule has 2 bridgehead atoms. The van der Waals surface area contributed by atoms with Crippen LogP contribution in [0.15, 0.2) is 23.9 Å². The molecule has 3 unspecified atom stereocenters. The molecule has 10 nitrogen and oxygen atoms in total. The molecule has 35 heavy (non-hydrogen) atoms. The van der Waals surface area contributed by atoms with Crippen LogP contribution < -0.4 is 21.3 Å². The van der Waals surface area contributed by atoms with Crippen molar-refractivity contribution in [3.8, 4) is 0 Å². The molecule has 2 aliphatic heterocycles. The first-order chi connectivity index (χ1) is 16.5. The molecule has 0 spiro atoms. The minimum atomic E-state index is -1.29. The Morgan fingerprint density at radius 2 is 1.60 bits per heavy atom. The predicted octanol–water partition coefficient (Wildman–Crippen LogP) is 1.04. The molecule has 4 atom stereocenters. The zero-order valence-corrected chi connectivity index (χ0v) is 22.2. The van der Waals surface area contributed by atoms with Crippen molar-refractivity contribution in [3.05, 3.63) is 23.9 Å². The van der Waals surface area contributed by atoms with Gasteiger partial charge >= 0.3 is 5.97 Å². The van der Waals surface area contributed by atoms with E-state index in [4.69, 9.17) is 4.74 Å². The van der Waals surface area contributed by atoms with Crippen molar-refractivity contribution in [3.63, 3.8) is 0 Å². The summed E-state index contributed by atoms with van der Waals surface area (Å²) < 4.78 is 5.53. The number of nitrogens with one attached hydrogen (secondary N) is 4. The van der Waals surface area contributed by atoms with Crippen LogP contribution in [0.4, 0.5) is 0 Å². The van der Waals surface area contributed by atoms with E-state index in [0.717, 1.165) is 0 Å². The van der Waals surface area contributed by atoms with Gasteiger partial charge < -0.3 is 26.0 Å². The van der Waals surface area contributed by atoms with Crippen molar-refractivity contribution in [2.75, 3.05) is 11.5 Å². The molecule has 1 fully saturated rings. The summed E-state index contributed by atoms with van der Waals surface area (Å²) in [7, 11) is 2.92. The van der Waals surface area contributed by atoms with Crippen molar-refractivity contribution < 1.29 is 28.7 Å². The van der Waals surface area contributed by atoms with E-state index in [9.17, 15) is 24.0 Å². The molecule has 2 aliphatic rings. The first-order valence-corrected chi connectivity index (χ1v) is 14.0. The van der Waals surface area contributed by atoms with Crippen LogP contribution in [0.3, 0.4) is 0 Å². The third-order valence-corrected chi connectivity index (χ3v) is 7.82. The highest BCUT2D eigenvalue weighted by Gasteiger charge is 2.35. The van der Waals surface area contributed by atoms with E-state index in [1.54, 1.807) is 40.7 Å². The number of allylic oxidation sites excluding steroid dienone is 2. The third-order valence-electron chi connectivity index (χ3n) is 5.38. The molecule has 0 saturated carbocycles. The Balaban J connectivity index is 2.59. The van der Waals surface area contributed by atoms with Crippen molar-refractivity contribution in [1.82, 2.24) is 21.3 Å². The molecule has 1 saturated heterocycles. The number of hydrogen-bond acceptors (Lipinski definition) is 8. The van der Waals surface area contributed by atoms with Gasteiger partial charge in [0.05, 0.1) is 0 Å². The minimum Gasteiger partial charge on any atom is -0.446 e. The topological polar surface area (TPSA) is 143 Å².